The van der Waals surface area contributed by atoms with Gasteiger partial charge in [-0.05, 0) is 5.41 Å². The van der Waals surface area contributed by atoms with Crippen molar-refractivity contribution in [2.24, 2.45) is 11.3 Å². The summed E-state index contributed by atoms with van der Waals surface area (Å²) in [6.07, 6.45) is 9.01. The second-order valence-corrected chi connectivity index (χ2v) is 5.83. The van der Waals surface area contributed by atoms with Gasteiger partial charge in [0.1, 0.15) is 0 Å². The van der Waals surface area contributed by atoms with Crippen LogP contribution >= 0.6 is 7.82 Å². The topological polar surface area (TPSA) is 77.8 Å². The average molecular weight is 270 g/mol. The van der Waals surface area contributed by atoms with Crippen molar-refractivity contribution in [1.29, 1.82) is 0 Å². The van der Waals surface area contributed by atoms with Gasteiger partial charge in [-0.25, -0.2) is 16.2 Å². The maximum atomic E-state index is 8.88. The molecule has 1 rings (SSSR count). The minimum Gasteiger partial charge on any atom is -0.303 e. The molecule has 0 fully saturated rings. The fourth-order valence-corrected chi connectivity index (χ4v) is 1.16. The van der Waals surface area contributed by atoms with E-state index in [0.29, 0.717) is 11.3 Å². The Labute approximate surface area is 125 Å². The fourth-order valence-electron chi connectivity index (χ4n) is 1.16. The molecular weight excluding hydrogens is 250 g/mol. The zero-order valence-electron chi connectivity index (χ0n) is 11.1. The van der Waals surface area contributed by atoms with Crippen LogP contribution in [0.2, 0.25) is 0 Å². The molecule has 0 atom stereocenters. The molecule has 94 valence electrons. The van der Waals surface area contributed by atoms with Crippen LogP contribution in [0.25, 0.3) is 0 Å². The first-order chi connectivity index (χ1) is 7.01. The van der Waals surface area contributed by atoms with Crippen molar-refractivity contribution in [3.63, 3.8) is 0 Å². The Morgan fingerprint density at radius 1 is 1.35 bits per heavy atom. The van der Waals surface area contributed by atoms with E-state index >= 15 is 0 Å². The van der Waals surface area contributed by atoms with Gasteiger partial charge in [-0.15, -0.1) is 6.42 Å². The van der Waals surface area contributed by atoms with E-state index < -0.39 is 7.82 Å². The molecule has 0 bridgehead atoms. The molecule has 0 aromatic heterocycles. The van der Waals surface area contributed by atoms with Crippen LogP contribution in [0, 0.1) is 17.4 Å². The monoisotopic (exact) mass is 270 g/mol. The Kier molecular flexibility index (Phi) is 9.26. The third kappa shape index (κ3) is 12.8. The van der Waals surface area contributed by atoms with Crippen molar-refractivity contribution >= 4 is 7.82 Å². The predicted octanol–water partition coefficient (Wildman–Crippen LogP) is -0.567. The first-order valence-corrected chi connectivity index (χ1v) is 6.66. The van der Waals surface area contributed by atoms with Crippen molar-refractivity contribution in [1.82, 2.24) is 0 Å². The Hall–Kier alpha value is 0.590. The van der Waals surface area contributed by atoms with Crippen molar-refractivity contribution in [2.75, 3.05) is 0 Å². The molecule has 6 heteroatoms. The van der Waals surface area contributed by atoms with Gasteiger partial charge >= 0.3 is 37.4 Å². The van der Waals surface area contributed by atoms with E-state index in [1.165, 1.54) is 5.57 Å². The summed E-state index contributed by atoms with van der Waals surface area (Å²) in [4.78, 5) is 21.6. The Morgan fingerprint density at radius 3 is 2.00 bits per heavy atom. The van der Waals surface area contributed by atoms with Crippen molar-refractivity contribution in [2.45, 2.75) is 34.1 Å². The van der Waals surface area contributed by atoms with Crippen molar-refractivity contribution in [3.05, 3.63) is 23.8 Å². The number of hydrogen-bond donors (Lipinski definition) is 3. The van der Waals surface area contributed by atoms with E-state index in [1.54, 1.807) is 0 Å². The predicted molar refractivity (Wildman–Crippen MR) is 63.4 cm³/mol. The zero-order chi connectivity index (χ0) is 13.0. The molecule has 0 unspecified atom stereocenters. The molecule has 17 heavy (non-hydrogen) atoms. The maximum absolute atomic E-state index is 8.88. The van der Waals surface area contributed by atoms with Gasteiger partial charge in [0.25, 0.3) is 0 Å². The Morgan fingerprint density at radius 2 is 1.76 bits per heavy atom. The molecule has 0 saturated carbocycles. The largest absolute Gasteiger partial charge is 1.00 e. The molecule has 0 heterocycles. The second-order valence-electron chi connectivity index (χ2n) is 4.80. The number of rotatable bonds is 1. The number of hydrogen-bond acceptors (Lipinski definition) is 1. The maximum Gasteiger partial charge on any atom is 1.00 e. The third-order valence-corrected chi connectivity index (χ3v) is 2.08. The van der Waals surface area contributed by atoms with E-state index in [0.717, 1.165) is 6.42 Å². The molecule has 0 aromatic carbocycles. The third-order valence-electron chi connectivity index (χ3n) is 2.08. The van der Waals surface area contributed by atoms with Crippen LogP contribution in [0.3, 0.4) is 0 Å². The minimum atomic E-state index is -4.64. The molecule has 0 aromatic rings. The van der Waals surface area contributed by atoms with Crippen molar-refractivity contribution in [3.8, 4) is 0 Å². The molecule has 1 aliphatic carbocycles. The van der Waals surface area contributed by atoms with Crippen LogP contribution < -0.4 is 29.6 Å². The summed E-state index contributed by atoms with van der Waals surface area (Å²) in [6.45, 7) is 8.91. The van der Waals surface area contributed by atoms with Gasteiger partial charge in [-0.3, -0.25) is 6.08 Å². The van der Waals surface area contributed by atoms with Gasteiger partial charge < -0.3 is 14.7 Å². The van der Waals surface area contributed by atoms with Crippen molar-refractivity contribution < 1.29 is 48.8 Å². The SMILES string of the molecule is CC(C)C1=[C-]CC(C)(C)C=C1.O=P(O)(O)O.[Na+]. The fraction of sp³-hybridized carbons (Fsp3) is 0.636. The van der Waals surface area contributed by atoms with E-state index in [4.69, 9.17) is 19.2 Å². The molecule has 0 aliphatic heterocycles. The van der Waals surface area contributed by atoms with Crippen LogP contribution in [0.4, 0.5) is 0 Å². The zero-order valence-corrected chi connectivity index (χ0v) is 14.0. The molecular formula is C11H20NaO4P. The van der Waals surface area contributed by atoms with E-state index in [-0.39, 0.29) is 29.6 Å². The summed E-state index contributed by atoms with van der Waals surface area (Å²) in [6, 6.07) is 0. The van der Waals surface area contributed by atoms with Gasteiger partial charge in [0, 0.05) is 0 Å². The summed E-state index contributed by atoms with van der Waals surface area (Å²) < 4.78 is 8.88. The van der Waals surface area contributed by atoms with Crippen LogP contribution in [0.5, 0.6) is 0 Å². The first kappa shape index (κ1) is 19.9. The smallest absolute Gasteiger partial charge is 0.303 e. The molecule has 3 N–H and O–H groups in total. The Balaban J connectivity index is 0. The molecule has 0 spiro atoms. The summed E-state index contributed by atoms with van der Waals surface area (Å²) in [7, 11) is -4.64. The molecule has 4 nitrogen and oxygen atoms in total. The van der Waals surface area contributed by atoms with Crippen LogP contribution in [-0.2, 0) is 4.57 Å². The van der Waals surface area contributed by atoms with E-state index in [2.05, 4.69) is 45.9 Å². The summed E-state index contributed by atoms with van der Waals surface area (Å²) >= 11 is 0. The van der Waals surface area contributed by atoms with E-state index in [1.807, 2.05) is 0 Å². The van der Waals surface area contributed by atoms with Gasteiger partial charge in [0.2, 0.25) is 0 Å². The minimum absolute atomic E-state index is 0. The molecule has 1 aliphatic rings. The van der Waals surface area contributed by atoms with Crippen LogP contribution in [0.15, 0.2) is 17.7 Å². The number of phosphoric acid groups is 1. The van der Waals surface area contributed by atoms with E-state index in [9.17, 15) is 0 Å². The average Bonchev–Trinajstić information content (AvgIpc) is 1.99. The summed E-state index contributed by atoms with van der Waals surface area (Å²) in [5, 5.41) is 0. The van der Waals surface area contributed by atoms with Crippen LogP contribution in [0.1, 0.15) is 34.1 Å². The van der Waals surface area contributed by atoms with Crippen LogP contribution in [-0.4, -0.2) is 14.7 Å². The first-order valence-electron chi connectivity index (χ1n) is 5.09. The summed E-state index contributed by atoms with van der Waals surface area (Å²) in [5.41, 5.74) is 1.70. The van der Waals surface area contributed by atoms with Gasteiger partial charge in [0.05, 0.1) is 0 Å². The van der Waals surface area contributed by atoms with Gasteiger partial charge in [0.15, 0.2) is 0 Å². The number of allylic oxidation sites excluding steroid dienone is 4. The normalized spacial score (nSPS) is 17.8. The molecule has 0 radical (unpaired) electrons. The standard InChI is InChI=1S/C11H17.Na.H3O4P/c1-9(2)10-5-7-11(3,4)8-6-10;;1-5(2,3)4/h5,7,9H,8H2,1-4H3;;(H3,1,2,3,4)/q-1;+1;. The quantitative estimate of drug-likeness (QED) is 0.339. The molecule has 0 saturated heterocycles. The Bertz CT molecular complexity index is 320. The molecule has 0 amide bonds. The van der Waals surface area contributed by atoms with Gasteiger partial charge in [-0.1, -0.05) is 33.6 Å². The second kappa shape index (κ2) is 7.90. The summed E-state index contributed by atoms with van der Waals surface area (Å²) in [5.74, 6) is 0.627. The van der Waals surface area contributed by atoms with Gasteiger partial charge in [-0.2, -0.15) is 6.08 Å².